The third kappa shape index (κ3) is 7.25. The van der Waals surface area contributed by atoms with Crippen LogP contribution in [0.15, 0.2) is 114 Å². The topological polar surface area (TPSA) is 184 Å². The number of rotatable bonds is 13. The zero-order valence-electron chi connectivity index (χ0n) is 31.7. The fraction of sp³-hybridized carbons (Fsp3) is 0.286. The van der Waals surface area contributed by atoms with E-state index in [9.17, 15) is 43.1 Å². The number of carboxylic acid groups (broad SMARTS) is 1. The van der Waals surface area contributed by atoms with Crippen molar-refractivity contribution in [2.45, 2.75) is 82.2 Å². The lowest BCUT2D eigenvalue weighted by Crippen LogP contribution is -2.41. The molecule has 0 amide bonds. The van der Waals surface area contributed by atoms with E-state index in [0.717, 1.165) is 46.1 Å². The van der Waals surface area contributed by atoms with Gasteiger partial charge in [0, 0.05) is 52.2 Å². The van der Waals surface area contributed by atoms with Gasteiger partial charge >= 0.3 is 5.97 Å². The van der Waals surface area contributed by atoms with Crippen LogP contribution in [0.25, 0.3) is 10.8 Å². The quantitative estimate of drug-likeness (QED) is 0.0437. The van der Waals surface area contributed by atoms with E-state index >= 15 is 0 Å². The van der Waals surface area contributed by atoms with E-state index in [-0.39, 0.29) is 22.8 Å². The largest absolute Gasteiger partial charge is 0.480 e. The predicted molar refractivity (Wildman–Crippen MR) is 214 cm³/mol. The van der Waals surface area contributed by atoms with Crippen molar-refractivity contribution >= 4 is 55.3 Å². The Bertz CT molecular complexity index is 2500. The number of carbonyl (C=O) groups is 1. The maximum Gasteiger partial charge on any atom is 0.326 e. The van der Waals surface area contributed by atoms with Crippen molar-refractivity contribution in [2.75, 3.05) is 4.90 Å². The van der Waals surface area contributed by atoms with Gasteiger partial charge < -0.3 is 10.0 Å². The SMILES string of the molecule is CCCCC(C(=O)O)N1/C(=C/C=C/C=C/C2=[N+](Cc3cc([N+](=O)[O-])cc([N+](=O)[O-])c3)c3ccccc3C2(C)C)C(C)(C)c2c1ccc1cc(S(=O)(=O)O)ccc21. The summed E-state index contributed by atoms with van der Waals surface area (Å²) in [7, 11) is -4.44. The van der Waals surface area contributed by atoms with E-state index in [1.54, 1.807) is 18.2 Å². The number of allylic oxidation sites excluding steroid dienone is 6. The van der Waals surface area contributed by atoms with E-state index < -0.39 is 42.8 Å². The maximum absolute atomic E-state index is 12.9. The van der Waals surface area contributed by atoms with Gasteiger partial charge in [0.05, 0.1) is 26.2 Å². The van der Waals surface area contributed by atoms with Crippen molar-refractivity contribution in [1.82, 2.24) is 0 Å². The smallest absolute Gasteiger partial charge is 0.326 e. The molecule has 6 rings (SSSR count). The third-order valence-corrected chi connectivity index (χ3v) is 11.6. The van der Waals surface area contributed by atoms with Gasteiger partial charge in [0.1, 0.15) is 6.04 Å². The first-order valence-electron chi connectivity index (χ1n) is 18.2. The van der Waals surface area contributed by atoms with Crippen molar-refractivity contribution in [3.8, 4) is 0 Å². The number of aliphatic carboxylic acids is 1. The third-order valence-electron chi connectivity index (χ3n) is 10.7. The fourth-order valence-electron chi connectivity index (χ4n) is 8.07. The monoisotopic (exact) mass is 779 g/mol. The Balaban J connectivity index is 1.43. The van der Waals surface area contributed by atoms with Gasteiger partial charge in [-0.3, -0.25) is 24.8 Å². The molecule has 0 spiro atoms. The van der Waals surface area contributed by atoms with Gasteiger partial charge in [-0.25, -0.2) is 4.79 Å². The molecule has 0 saturated carbocycles. The lowest BCUT2D eigenvalue weighted by molar-refractivity contribution is -0.455. The standard InChI is InChI=1S/C42H42N4O9S/c1-6-7-14-36(40(47)48)44-35-21-18-28-24-31(56(53,54)55)19-20-32(28)39(35)42(4,5)38(44)17-10-8-9-16-37-41(2,3)33-13-11-12-15-34(33)43(37)26-27-22-29(45(49)50)25-30(23-27)46(51)52/h8-13,15-25,36H,6-7,14,26H2,1-5H3,(H-,47,48,53,54,55)/p+1. The summed E-state index contributed by atoms with van der Waals surface area (Å²) in [6.45, 7) is 10.3. The fourth-order valence-corrected chi connectivity index (χ4v) is 8.58. The molecule has 290 valence electrons. The minimum atomic E-state index is -4.44. The molecule has 1 unspecified atom stereocenters. The molecule has 56 heavy (non-hydrogen) atoms. The second-order valence-corrected chi connectivity index (χ2v) is 16.5. The van der Waals surface area contributed by atoms with Crippen LogP contribution in [0.1, 0.15) is 70.6 Å². The summed E-state index contributed by atoms with van der Waals surface area (Å²) in [5, 5.41) is 35.2. The van der Waals surface area contributed by atoms with Gasteiger partial charge in [-0.2, -0.15) is 13.0 Å². The molecule has 1 atom stereocenters. The highest BCUT2D eigenvalue weighted by atomic mass is 32.2. The van der Waals surface area contributed by atoms with Crippen LogP contribution < -0.4 is 4.90 Å². The van der Waals surface area contributed by atoms with Crippen LogP contribution >= 0.6 is 0 Å². The maximum atomic E-state index is 12.9. The number of nitro groups is 2. The molecule has 0 aromatic heterocycles. The van der Waals surface area contributed by atoms with Crippen LogP contribution in [-0.2, 0) is 32.3 Å². The number of hydrogen-bond donors (Lipinski definition) is 2. The Morgan fingerprint density at radius 1 is 0.911 bits per heavy atom. The predicted octanol–water partition coefficient (Wildman–Crippen LogP) is 8.92. The van der Waals surface area contributed by atoms with Crippen LogP contribution in [0.3, 0.4) is 0 Å². The molecular formula is C42H43N4O9S+. The normalized spacial score (nSPS) is 17.2. The molecule has 4 aromatic rings. The molecule has 13 nitrogen and oxygen atoms in total. The molecule has 2 aliphatic rings. The van der Waals surface area contributed by atoms with Crippen molar-refractivity contribution in [2.24, 2.45) is 0 Å². The molecular weight excluding hydrogens is 737 g/mol. The van der Waals surface area contributed by atoms with E-state index in [1.165, 1.54) is 24.3 Å². The summed E-state index contributed by atoms with van der Waals surface area (Å²) in [5.41, 5.74) is 3.51. The van der Waals surface area contributed by atoms with Gasteiger partial charge in [-0.1, -0.05) is 82.2 Å². The van der Waals surface area contributed by atoms with Crippen LogP contribution in [-0.4, -0.2) is 50.2 Å². The Labute approximate surface area is 324 Å². The minimum absolute atomic E-state index is 0.145. The molecule has 0 fully saturated rings. The van der Waals surface area contributed by atoms with Gasteiger partial charge in [-0.05, 0) is 60.9 Å². The second kappa shape index (κ2) is 14.9. The number of nitrogens with zero attached hydrogens (tertiary/aromatic N) is 4. The first kappa shape index (κ1) is 39.7. The molecule has 0 bridgehead atoms. The summed E-state index contributed by atoms with van der Waals surface area (Å²) < 4.78 is 35.6. The number of para-hydroxylation sites is 1. The molecule has 4 aromatic carbocycles. The molecule has 2 heterocycles. The number of non-ortho nitro benzene ring substituents is 2. The first-order valence-corrected chi connectivity index (χ1v) is 19.6. The molecule has 0 aliphatic carbocycles. The van der Waals surface area contributed by atoms with E-state index in [1.807, 2.05) is 84.9 Å². The summed E-state index contributed by atoms with van der Waals surface area (Å²) in [5.74, 6) is -0.965. The number of hydrogen-bond acceptors (Lipinski definition) is 8. The van der Waals surface area contributed by atoms with E-state index in [4.69, 9.17) is 0 Å². The Morgan fingerprint density at radius 3 is 2.21 bits per heavy atom. The number of nitro benzene ring substituents is 2. The molecule has 2 N–H and O–H groups in total. The highest BCUT2D eigenvalue weighted by Crippen LogP contribution is 2.52. The zero-order chi connectivity index (χ0) is 40.7. The van der Waals surface area contributed by atoms with Crippen LogP contribution in [0, 0.1) is 20.2 Å². The van der Waals surface area contributed by atoms with Gasteiger partial charge in [-0.15, -0.1) is 0 Å². The Morgan fingerprint density at radius 2 is 1.59 bits per heavy atom. The number of benzene rings is 4. The summed E-state index contributed by atoms with van der Waals surface area (Å²) in [6.07, 6.45) is 11.3. The highest BCUT2D eigenvalue weighted by molar-refractivity contribution is 7.85. The molecule has 2 aliphatic heterocycles. The summed E-state index contributed by atoms with van der Waals surface area (Å²) in [4.78, 5) is 36.5. The molecule has 0 saturated heterocycles. The van der Waals surface area contributed by atoms with Crippen LogP contribution in [0.5, 0.6) is 0 Å². The van der Waals surface area contributed by atoms with Gasteiger partial charge in [0.25, 0.3) is 21.5 Å². The van der Waals surface area contributed by atoms with Crippen molar-refractivity contribution in [3.05, 3.63) is 146 Å². The van der Waals surface area contributed by atoms with Crippen LogP contribution in [0.4, 0.5) is 22.7 Å². The first-order chi connectivity index (χ1) is 26.4. The number of carboxylic acids is 1. The average molecular weight is 780 g/mol. The average Bonchev–Trinajstić information content (AvgIpc) is 3.49. The lowest BCUT2D eigenvalue weighted by atomic mass is 9.81. The molecule has 14 heteroatoms. The number of fused-ring (bicyclic) bond motifs is 4. The van der Waals surface area contributed by atoms with Gasteiger partial charge in [0.2, 0.25) is 5.69 Å². The number of unbranched alkanes of at least 4 members (excludes halogenated alkanes) is 1. The second-order valence-electron chi connectivity index (χ2n) is 15.1. The molecule has 0 radical (unpaired) electrons. The van der Waals surface area contributed by atoms with Crippen LogP contribution in [0.2, 0.25) is 0 Å². The van der Waals surface area contributed by atoms with E-state index in [2.05, 4.69) is 13.8 Å². The number of anilines is 1. The van der Waals surface area contributed by atoms with E-state index in [0.29, 0.717) is 29.5 Å². The van der Waals surface area contributed by atoms with Crippen molar-refractivity contribution in [1.29, 1.82) is 0 Å². The summed E-state index contributed by atoms with van der Waals surface area (Å²) >= 11 is 0. The van der Waals surface area contributed by atoms with Crippen molar-refractivity contribution in [3.63, 3.8) is 0 Å². The Kier molecular flexibility index (Phi) is 10.6. The lowest BCUT2D eigenvalue weighted by Gasteiger charge is -2.31. The van der Waals surface area contributed by atoms with Gasteiger partial charge in [0.15, 0.2) is 12.3 Å². The highest BCUT2D eigenvalue weighted by Gasteiger charge is 2.46. The zero-order valence-corrected chi connectivity index (χ0v) is 32.5. The van der Waals surface area contributed by atoms with Crippen molar-refractivity contribution < 1.29 is 37.3 Å². The minimum Gasteiger partial charge on any atom is -0.480 e. The Hall–Kier alpha value is -5.99. The summed E-state index contributed by atoms with van der Waals surface area (Å²) in [6, 6.07) is 18.5.